The monoisotopic (exact) mass is 231 g/mol. The highest BCUT2D eigenvalue weighted by molar-refractivity contribution is 5.51. The lowest BCUT2D eigenvalue weighted by molar-refractivity contribution is 0.405. The standard InChI is InChI=1S/C15H21NO/c1-17-14-7-6-13(15(10-16)8-9-15)11-4-2-3-5-12(11)14/h6-7H,2-5,8-10,16H2,1H3. The van der Waals surface area contributed by atoms with Crippen LogP contribution in [0.1, 0.15) is 42.4 Å². The van der Waals surface area contributed by atoms with Gasteiger partial charge in [-0.3, -0.25) is 0 Å². The van der Waals surface area contributed by atoms with Gasteiger partial charge in [-0.25, -0.2) is 0 Å². The lowest BCUT2D eigenvalue weighted by Crippen LogP contribution is -2.23. The van der Waals surface area contributed by atoms with E-state index in [1.165, 1.54) is 49.7 Å². The highest BCUT2D eigenvalue weighted by atomic mass is 16.5. The number of benzene rings is 1. The van der Waals surface area contributed by atoms with Gasteiger partial charge in [-0.2, -0.15) is 0 Å². The Hall–Kier alpha value is -1.02. The molecule has 0 heterocycles. The fourth-order valence-electron chi connectivity index (χ4n) is 3.26. The summed E-state index contributed by atoms with van der Waals surface area (Å²) in [5, 5.41) is 0. The summed E-state index contributed by atoms with van der Waals surface area (Å²) in [6.45, 7) is 0.797. The molecule has 0 amide bonds. The van der Waals surface area contributed by atoms with Gasteiger partial charge in [0.05, 0.1) is 7.11 Å². The molecule has 2 aliphatic carbocycles. The fourth-order valence-corrected chi connectivity index (χ4v) is 3.26. The van der Waals surface area contributed by atoms with Gasteiger partial charge in [0, 0.05) is 12.0 Å². The molecule has 1 aromatic rings. The van der Waals surface area contributed by atoms with Gasteiger partial charge in [0.1, 0.15) is 5.75 Å². The van der Waals surface area contributed by atoms with E-state index in [9.17, 15) is 0 Å². The highest BCUT2D eigenvalue weighted by Crippen LogP contribution is 2.50. The van der Waals surface area contributed by atoms with Crippen LogP contribution in [0, 0.1) is 0 Å². The summed E-state index contributed by atoms with van der Waals surface area (Å²) in [5.41, 5.74) is 10.8. The summed E-state index contributed by atoms with van der Waals surface area (Å²) in [6, 6.07) is 4.41. The molecule has 0 aliphatic heterocycles. The van der Waals surface area contributed by atoms with Crippen molar-refractivity contribution >= 4 is 0 Å². The first kappa shape index (κ1) is 11.1. The van der Waals surface area contributed by atoms with Crippen molar-refractivity contribution in [1.82, 2.24) is 0 Å². The zero-order valence-electron chi connectivity index (χ0n) is 10.6. The minimum atomic E-state index is 0.313. The topological polar surface area (TPSA) is 35.2 Å². The second kappa shape index (κ2) is 4.02. The Labute approximate surface area is 103 Å². The molecule has 1 aromatic carbocycles. The smallest absolute Gasteiger partial charge is 0.122 e. The molecule has 0 saturated heterocycles. The molecular formula is C15H21NO. The summed E-state index contributed by atoms with van der Waals surface area (Å²) in [7, 11) is 1.78. The maximum atomic E-state index is 5.97. The first-order valence-electron chi connectivity index (χ1n) is 6.70. The van der Waals surface area contributed by atoms with Gasteiger partial charge in [-0.15, -0.1) is 0 Å². The molecular weight excluding hydrogens is 210 g/mol. The fraction of sp³-hybridized carbons (Fsp3) is 0.600. The van der Waals surface area contributed by atoms with Crippen LogP contribution in [0.3, 0.4) is 0 Å². The molecule has 0 bridgehead atoms. The summed E-state index contributed by atoms with van der Waals surface area (Å²) in [4.78, 5) is 0. The lowest BCUT2D eigenvalue weighted by atomic mass is 9.81. The van der Waals surface area contributed by atoms with Gasteiger partial charge in [-0.1, -0.05) is 6.07 Å². The SMILES string of the molecule is COc1ccc(C2(CN)CC2)c2c1CCCC2. The normalized spacial score (nSPS) is 20.8. The van der Waals surface area contributed by atoms with E-state index < -0.39 is 0 Å². The molecule has 3 rings (SSSR count). The van der Waals surface area contributed by atoms with Crippen molar-refractivity contribution in [3.8, 4) is 5.75 Å². The van der Waals surface area contributed by atoms with Crippen LogP contribution in [0.2, 0.25) is 0 Å². The molecule has 2 N–H and O–H groups in total. The van der Waals surface area contributed by atoms with Crippen LogP contribution in [-0.4, -0.2) is 13.7 Å². The number of ether oxygens (including phenoxy) is 1. The van der Waals surface area contributed by atoms with Gasteiger partial charge in [0.25, 0.3) is 0 Å². The predicted octanol–water partition coefficient (Wildman–Crippen LogP) is 2.56. The van der Waals surface area contributed by atoms with Gasteiger partial charge in [0.15, 0.2) is 0 Å². The maximum Gasteiger partial charge on any atom is 0.122 e. The van der Waals surface area contributed by atoms with Crippen LogP contribution in [0.25, 0.3) is 0 Å². The Bertz CT molecular complexity index is 435. The van der Waals surface area contributed by atoms with Crippen molar-refractivity contribution in [2.45, 2.75) is 43.9 Å². The Morgan fingerprint density at radius 2 is 1.88 bits per heavy atom. The molecule has 17 heavy (non-hydrogen) atoms. The number of fused-ring (bicyclic) bond motifs is 1. The third-order valence-corrected chi connectivity index (χ3v) is 4.53. The van der Waals surface area contributed by atoms with Crippen LogP contribution < -0.4 is 10.5 Å². The first-order valence-corrected chi connectivity index (χ1v) is 6.70. The molecule has 2 heteroatoms. The molecule has 2 aliphatic rings. The molecule has 0 radical (unpaired) electrons. The van der Waals surface area contributed by atoms with Crippen molar-refractivity contribution in [1.29, 1.82) is 0 Å². The summed E-state index contributed by atoms with van der Waals surface area (Å²) in [6.07, 6.45) is 7.53. The van der Waals surface area contributed by atoms with Crippen molar-refractivity contribution < 1.29 is 4.74 Å². The number of nitrogens with two attached hydrogens (primary N) is 1. The number of methoxy groups -OCH3 is 1. The largest absolute Gasteiger partial charge is 0.496 e. The van der Waals surface area contributed by atoms with E-state index in [0.717, 1.165) is 12.3 Å². The number of hydrogen-bond donors (Lipinski definition) is 1. The first-order chi connectivity index (χ1) is 8.30. The van der Waals surface area contributed by atoms with Gasteiger partial charge in [0.2, 0.25) is 0 Å². The van der Waals surface area contributed by atoms with Crippen molar-refractivity contribution in [2.75, 3.05) is 13.7 Å². The third kappa shape index (κ3) is 1.66. The van der Waals surface area contributed by atoms with Crippen LogP contribution in [-0.2, 0) is 18.3 Å². The number of rotatable bonds is 3. The van der Waals surface area contributed by atoms with E-state index in [0.29, 0.717) is 5.41 Å². The van der Waals surface area contributed by atoms with E-state index in [4.69, 9.17) is 10.5 Å². The van der Waals surface area contributed by atoms with Gasteiger partial charge >= 0.3 is 0 Å². The Morgan fingerprint density at radius 1 is 1.18 bits per heavy atom. The van der Waals surface area contributed by atoms with Crippen molar-refractivity contribution in [2.24, 2.45) is 5.73 Å². The number of hydrogen-bond acceptors (Lipinski definition) is 2. The molecule has 2 nitrogen and oxygen atoms in total. The van der Waals surface area contributed by atoms with E-state index in [2.05, 4.69) is 12.1 Å². The summed E-state index contributed by atoms with van der Waals surface area (Å²) >= 11 is 0. The molecule has 0 atom stereocenters. The zero-order valence-corrected chi connectivity index (χ0v) is 10.6. The average molecular weight is 231 g/mol. The van der Waals surface area contributed by atoms with Crippen LogP contribution in [0.15, 0.2) is 12.1 Å². The minimum Gasteiger partial charge on any atom is -0.496 e. The molecule has 1 fully saturated rings. The average Bonchev–Trinajstić information content (AvgIpc) is 3.18. The Kier molecular flexibility index (Phi) is 2.62. The Balaban J connectivity index is 2.11. The predicted molar refractivity (Wildman–Crippen MR) is 69.6 cm³/mol. The summed E-state index contributed by atoms with van der Waals surface area (Å²) < 4.78 is 5.50. The van der Waals surface area contributed by atoms with Gasteiger partial charge in [-0.05, 0) is 61.3 Å². The van der Waals surface area contributed by atoms with Crippen LogP contribution in [0.4, 0.5) is 0 Å². The van der Waals surface area contributed by atoms with E-state index in [1.807, 2.05) is 0 Å². The van der Waals surface area contributed by atoms with E-state index >= 15 is 0 Å². The molecule has 0 spiro atoms. The quantitative estimate of drug-likeness (QED) is 0.867. The third-order valence-electron chi connectivity index (χ3n) is 4.53. The van der Waals surface area contributed by atoms with Crippen molar-refractivity contribution in [3.63, 3.8) is 0 Å². The zero-order chi connectivity index (χ0) is 11.9. The van der Waals surface area contributed by atoms with E-state index in [1.54, 1.807) is 12.7 Å². The van der Waals surface area contributed by atoms with Crippen LogP contribution in [0.5, 0.6) is 5.75 Å². The lowest BCUT2D eigenvalue weighted by Gasteiger charge is -2.25. The minimum absolute atomic E-state index is 0.313. The van der Waals surface area contributed by atoms with E-state index in [-0.39, 0.29) is 0 Å². The van der Waals surface area contributed by atoms with Gasteiger partial charge < -0.3 is 10.5 Å². The second-order valence-corrected chi connectivity index (χ2v) is 5.46. The summed E-state index contributed by atoms with van der Waals surface area (Å²) in [5.74, 6) is 1.08. The molecule has 92 valence electrons. The second-order valence-electron chi connectivity index (χ2n) is 5.46. The highest BCUT2D eigenvalue weighted by Gasteiger charge is 2.44. The van der Waals surface area contributed by atoms with Crippen LogP contribution >= 0.6 is 0 Å². The molecule has 0 aromatic heterocycles. The molecule has 0 unspecified atom stereocenters. The molecule has 1 saturated carbocycles. The Morgan fingerprint density at radius 3 is 2.47 bits per heavy atom. The van der Waals surface area contributed by atoms with Crippen molar-refractivity contribution in [3.05, 3.63) is 28.8 Å². The maximum absolute atomic E-state index is 5.97.